The molecule has 2 atom stereocenters. The van der Waals surface area contributed by atoms with E-state index in [4.69, 9.17) is 9.15 Å². The van der Waals surface area contributed by atoms with E-state index < -0.39 is 5.97 Å². The van der Waals surface area contributed by atoms with Crippen LogP contribution in [0.15, 0.2) is 16.5 Å². The molecule has 1 saturated heterocycles. The topological polar surface area (TPSA) is 60.7 Å². The van der Waals surface area contributed by atoms with E-state index in [-0.39, 0.29) is 11.8 Å². The monoisotopic (exact) mass is 281 g/mol. The van der Waals surface area contributed by atoms with Gasteiger partial charge in [0, 0.05) is 19.3 Å². The maximum Gasteiger partial charge on any atom is 0.373 e. The second kappa shape index (κ2) is 6.90. The molecule has 0 aliphatic carbocycles. The van der Waals surface area contributed by atoms with E-state index in [1.165, 1.54) is 7.11 Å². The van der Waals surface area contributed by atoms with Crippen molar-refractivity contribution >= 4 is 5.97 Å². The molecule has 1 N–H and O–H groups in total. The predicted octanol–water partition coefficient (Wildman–Crippen LogP) is 2.53. The molecule has 2 rings (SSSR count). The maximum absolute atomic E-state index is 11.4. The number of ether oxygens (including phenoxy) is 2. The number of hydrogen-bond acceptors (Lipinski definition) is 5. The molecule has 0 radical (unpaired) electrons. The zero-order chi connectivity index (χ0) is 14.5. The van der Waals surface area contributed by atoms with Crippen molar-refractivity contribution in [2.24, 2.45) is 5.92 Å². The fraction of sp³-hybridized carbons (Fsp3) is 0.667. The lowest BCUT2D eigenvalue weighted by Gasteiger charge is -2.30. The largest absolute Gasteiger partial charge is 0.463 e. The average molecular weight is 281 g/mol. The molecule has 112 valence electrons. The number of rotatable bonds is 5. The third-order valence-corrected chi connectivity index (χ3v) is 3.93. The van der Waals surface area contributed by atoms with Gasteiger partial charge in [-0.3, -0.25) is 0 Å². The van der Waals surface area contributed by atoms with E-state index in [9.17, 15) is 4.79 Å². The number of carbonyl (C=O) groups excluding carboxylic acids is 1. The van der Waals surface area contributed by atoms with Crippen LogP contribution in [0, 0.1) is 5.92 Å². The lowest BCUT2D eigenvalue weighted by atomic mass is 9.92. The summed E-state index contributed by atoms with van der Waals surface area (Å²) >= 11 is 0. The molecule has 5 heteroatoms. The van der Waals surface area contributed by atoms with Gasteiger partial charge in [0.05, 0.1) is 13.2 Å². The van der Waals surface area contributed by atoms with Crippen molar-refractivity contribution in [1.82, 2.24) is 5.32 Å². The summed E-state index contributed by atoms with van der Waals surface area (Å²) in [6, 6.07) is 3.92. The first-order valence-corrected chi connectivity index (χ1v) is 7.13. The maximum atomic E-state index is 11.4. The van der Waals surface area contributed by atoms with Crippen molar-refractivity contribution in [3.8, 4) is 0 Å². The van der Waals surface area contributed by atoms with Gasteiger partial charge in [-0.15, -0.1) is 0 Å². The standard InChI is InChI=1S/C15H23NO4/c1-10(12-6-8-19-9-7-12)16-11(2)13-4-5-14(20-13)15(17)18-3/h4-5,10-12,16H,6-9H2,1-3H3/t10-,11+/m0/s1. The van der Waals surface area contributed by atoms with Crippen molar-refractivity contribution in [2.75, 3.05) is 20.3 Å². The summed E-state index contributed by atoms with van der Waals surface area (Å²) in [7, 11) is 1.35. The molecule has 1 aromatic heterocycles. The van der Waals surface area contributed by atoms with Gasteiger partial charge in [0.25, 0.3) is 0 Å². The zero-order valence-corrected chi connectivity index (χ0v) is 12.3. The van der Waals surface area contributed by atoms with Gasteiger partial charge in [-0.05, 0) is 44.7 Å². The molecule has 5 nitrogen and oxygen atoms in total. The van der Waals surface area contributed by atoms with Crippen LogP contribution in [0.25, 0.3) is 0 Å². The summed E-state index contributed by atoms with van der Waals surface area (Å²) in [5.41, 5.74) is 0. The highest BCUT2D eigenvalue weighted by Gasteiger charge is 2.23. The molecule has 0 bridgehead atoms. The SMILES string of the molecule is COC(=O)c1ccc([C@@H](C)N[C@@H](C)C2CCOCC2)o1. The van der Waals surface area contributed by atoms with E-state index in [1.54, 1.807) is 6.07 Å². The molecule has 1 aromatic rings. The van der Waals surface area contributed by atoms with Crippen molar-refractivity contribution < 1.29 is 18.7 Å². The van der Waals surface area contributed by atoms with Crippen LogP contribution in [0.4, 0.5) is 0 Å². The Labute approximate surface area is 119 Å². The Balaban J connectivity index is 1.91. The molecular weight excluding hydrogens is 258 g/mol. The molecular formula is C15H23NO4. The summed E-state index contributed by atoms with van der Waals surface area (Å²) in [5, 5.41) is 3.53. The van der Waals surface area contributed by atoms with Crippen LogP contribution >= 0.6 is 0 Å². The first-order valence-electron chi connectivity index (χ1n) is 7.13. The number of hydrogen-bond donors (Lipinski definition) is 1. The molecule has 1 fully saturated rings. The van der Waals surface area contributed by atoms with Crippen molar-refractivity contribution in [2.45, 2.75) is 38.8 Å². The Morgan fingerprint density at radius 2 is 2.05 bits per heavy atom. The highest BCUT2D eigenvalue weighted by Crippen LogP contribution is 2.23. The second-order valence-electron chi connectivity index (χ2n) is 5.32. The Kier molecular flexibility index (Phi) is 5.20. The smallest absolute Gasteiger partial charge is 0.373 e. The molecule has 0 saturated carbocycles. The van der Waals surface area contributed by atoms with E-state index in [0.29, 0.717) is 12.0 Å². The third-order valence-electron chi connectivity index (χ3n) is 3.93. The van der Waals surface area contributed by atoms with E-state index in [2.05, 4.69) is 17.0 Å². The number of carbonyl (C=O) groups is 1. The predicted molar refractivity (Wildman–Crippen MR) is 74.6 cm³/mol. The Morgan fingerprint density at radius 1 is 1.35 bits per heavy atom. The van der Waals surface area contributed by atoms with E-state index in [1.807, 2.05) is 13.0 Å². The van der Waals surface area contributed by atoms with Gasteiger partial charge in [-0.1, -0.05) is 0 Å². The van der Waals surface area contributed by atoms with Gasteiger partial charge in [0.2, 0.25) is 5.76 Å². The van der Waals surface area contributed by atoms with Gasteiger partial charge < -0.3 is 19.2 Å². The van der Waals surface area contributed by atoms with Crippen LogP contribution in [0.1, 0.15) is 49.0 Å². The van der Waals surface area contributed by atoms with Crippen molar-refractivity contribution in [3.05, 3.63) is 23.7 Å². The summed E-state index contributed by atoms with van der Waals surface area (Å²) in [6.07, 6.45) is 2.18. The average Bonchev–Trinajstić information content (AvgIpc) is 2.97. The quantitative estimate of drug-likeness (QED) is 0.840. The lowest BCUT2D eigenvalue weighted by Crippen LogP contribution is -2.38. The highest BCUT2D eigenvalue weighted by molar-refractivity contribution is 5.86. The Hall–Kier alpha value is -1.33. The lowest BCUT2D eigenvalue weighted by molar-refractivity contribution is 0.0534. The van der Waals surface area contributed by atoms with Gasteiger partial charge >= 0.3 is 5.97 Å². The third kappa shape index (κ3) is 3.61. The van der Waals surface area contributed by atoms with Crippen molar-refractivity contribution in [1.29, 1.82) is 0 Å². The van der Waals surface area contributed by atoms with Crippen LogP contribution in [0.3, 0.4) is 0 Å². The van der Waals surface area contributed by atoms with Gasteiger partial charge in [-0.25, -0.2) is 4.79 Å². The summed E-state index contributed by atoms with van der Waals surface area (Å²) in [5.74, 6) is 1.18. The molecule has 0 amide bonds. The fourth-order valence-corrected chi connectivity index (χ4v) is 2.62. The molecule has 1 aliphatic heterocycles. The van der Waals surface area contributed by atoms with Crippen LogP contribution in [-0.4, -0.2) is 32.3 Å². The summed E-state index contributed by atoms with van der Waals surface area (Å²) < 4.78 is 15.5. The van der Waals surface area contributed by atoms with Crippen LogP contribution < -0.4 is 5.32 Å². The molecule has 2 heterocycles. The first kappa shape index (κ1) is 15.1. The first-order chi connectivity index (χ1) is 9.61. The van der Waals surface area contributed by atoms with Gasteiger partial charge in [-0.2, -0.15) is 0 Å². The highest BCUT2D eigenvalue weighted by atomic mass is 16.5. The molecule has 20 heavy (non-hydrogen) atoms. The second-order valence-corrected chi connectivity index (χ2v) is 5.32. The Morgan fingerprint density at radius 3 is 2.70 bits per heavy atom. The summed E-state index contributed by atoms with van der Waals surface area (Å²) in [4.78, 5) is 11.4. The molecule has 0 unspecified atom stereocenters. The molecule has 0 aromatic carbocycles. The number of nitrogens with one attached hydrogen (secondary N) is 1. The van der Waals surface area contributed by atoms with Crippen LogP contribution in [-0.2, 0) is 9.47 Å². The Bertz CT molecular complexity index is 437. The van der Waals surface area contributed by atoms with Crippen LogP contribution in [0.5, 0.6) is 0 Å². The summed E-state index contributed by atoms with van der Waals surface area (Å²) in [6.45, 7) is 5.92. The van der Waals surface area contributed by atoms with E-state index >= 15 is 0 Å². The minimum Gasteiger partial charge on any atom is -0.463 e. The number of methoxy groups -OCH3 is 1. The number of furan rings is 1. The minimum absolute atomic E-state index is 0.0613. The van der Waals surface area contributed by atoms with Crippen molar-refractivity contribution in [3.63, 3.8) is 0 Å². The van der Waals surface area contributed by atoms with Crippen LogP contribution in [0.2, 0.25) is 0 Å². The molecule has 1 aliphatic rings. The molecule has 0 spiro atoms. The van der Waals surface area contributed by atoms with Gasteiger partial charge in [0.15, 0.2) is 0 Å². The zero-order valence-electron chi connectivity index (χ0n) is 12.3. The normalized spacial score (nSPS) is 19.6. The van der Waals surface area contributed by atoms with E-state index in [0.717, 1.165) is 31.8 Å². The number of esters is 1. The fourth-order valence-electron chi connectivity index (χ4n) is 2.62. The minimum atomic E-state index is -0.444. The van der Waals surface area contributed by atoms with Gasteiger partial charge in [0.1, 0.15) is 5.76 Å².